The van der Waals surface area contributed by atoms with Crippen molar-refractivity contribution in [2.45, 2.75) is 6.92 Å². The molecule has 1 aliphatic heterocycles. The molecule has 7 heteroatoms. The van der Waals surface area contributed by atoms with E-state index in [-0.39, 0.29) is 5.82 Å². The number of rotatable bonds is 6. The van der Waals surface area contributed by atoms with Gasteiger partial charge in [0.25, 0.3) is 0 Å². The highest BCUT2D eigenvalue weighted by Crippen LogP contribution is 2.27. The lowest BCUT2D eigenvalue weighted by atomic mass is 10.2. The van der Waals surface area contributed by atoms with Crippen molar-refractivity contribution in [3.8, 4) is 5.75 Å². The van der Waals surface area contributed by atoms with Gasteiger partial charge in [0.2, 0.25) is 5.95 Å². The Labute approximate surface area is 170 Å². The van der Waals surface area contributed by atoms with E-state index in [1.165, 1.54) is 12.1 Å². The van der Waals surface area contributed by atoms with Crippen LogP contribution in [0.2, 0.25) is 0 Å². The van der Waals surface area contributed by atoms with Crippen molar-refractivity contribution in [1.29, 1.82) is 0 Å². The first-order valence-electron chi connectivity index (χ1n) is 9.80. The zero-order valence-corrected chi connectivity index (χ0v) is 16.4. The van der Waals surface area contributed by atoms with Crippen LogP contribution in [0.3, 0.4) is 0 Å². The number of benzene rings is 2. The number of anilines is 4. The number of ether oxygens (including phenoxy) is 1. The minimum Gasteiger partial charge on any atom is -0.492 e. The third kappa shape index (κ3) is 4.56. The highest BCUT2D eigenvalue weighted by molar-refractivity contribution is 5.63. The smallest absolute Gasteiger partial charge is 0.229 e. The van der Waals surface area contributed by atoms with Crippen LogP contribution < -0.4 is 19.9 Å². The summed E-state index contributed by atoms with van der Waals surface area (Å²) in [6.45, 7) is 5.93. The predicted octanol–water partition coefficient (Wildman–Crippen LogP) is 4.08. The van der Waals surface area contributed by atoms with Crippen molar-refractivity contribution >= 4 is 23.1 Å². The molecule has 2 heterocycles. The maximum absolute atomic E-state index is 13.1. The Kier molecular flexibility index (Phi) is 5.74. The zero-order chi connectivity index (χ0) is 20.1. The molecule has 1 saturated heterocycles. The van der Waals surface area contributed by atoms with Gasteiger partial charge in [-0.25, -0.2) is 9.37 Å². The molecule has 0 amide bonds. The molecule has 0 unspecified atom stereocenters. The molecule has 0 spiro atoms. The van der Waals surface area contributed by atoms with Crippen LogP contribution in [0.4, 0.5) is 27.5 Å². The van der Waals surface area contributed by atoms with Gasteiger partial charge < -0.3 is 19.9 Å². The van der Waals surface area contributed by atoms with Crippen LogP contribution in [0.15, 0.2) is 60.8 Å². The van der Waals surface area contributed by atoms with Crippen LogP contribution in [-0.2, 0) is 0 Å². The van der Waals surface area contributed by atoms with Crippen LogP contribution in [-0.4, -0.2) is 42.8 Å². The van der Waals surface area contributed by atoms with Crippen molar-refractivity contribution in [2.75, 3.05) is 47.9 Å². The van der Waals surface area contributed by atoms with Gasteiger partial charge in [-0.3, -0.25) is 0 Å². The summed E-state index contributed by atoms with van der Waals surface area (Å²) in [4.78, 5) is 13.5. The summed E-state index contributed by atoms with van der Waals surface area (Å²) < 4.78 is 18.8. The third-order valence-electron chi connectivity index (χ3n) is 4.87. The summed E-state index contributed by atoms with van der Waals surface area (Å²) in [6, 6.07) is 16.3. The Morgan fingerprint density at radius 1 is 0.966 bits per heavy atom. The molecule has 0 saturated carbocycles. The van der Waals surface area contributed by atoms with Crippen molar-refractivity contribution < 1.29 is 9.13 Å². The van der Waals surface area contributed by atoms with E-state index in [9.17, 15) is 4.39 Å². The number of halogens is 1. The Morgan fingerprint density at radius 3 is 2.45 bits per heavy atom. The van der Waals surface area contributed by atoms with Crippen molar-refractivity contribution in [1.82, 2.24) is 9.97 Å². The molecule has 2 aromatic carbocycles. The minimum atomic E-state index is -0.209. The first-order valence-corrected chi connectivity index (χ1v) is 9.80. The minimum absolute atomic E-state index is 0.209. The highest BCUT2D eigenvalue weighted by Gasteiger charge is 2.19. The molecule has 1 N–H and O–H groups in total. The fraction of sp³-hybridized carbons (Fsp3) is 0.273. The molecule has 0 atom stereocenters. The maximum atomic E-state index is 13.1. The van der Waals surface area contributed by atoms with Gasteiger partial charge in [0.15, 0.2) is 0 Å². The summed E-state index contributed by atoms with van der Waals surface area (Å²) in [5.41, 5.74) is 1.89. The first kappa shape index (κ1) is 19.0. The average Bonchev–Trinajstić information content (AvgIpc) is 2.76. The number of piperazine rings is 1. The topological polar surface area (TPSA) is 53.5 Å². The molecule has 0 bridgehead atoms. The van der Waals surface area contributed by atoms with Crippen molar-refractivity contribution in [2.24, 2.45) is 0 Å². The van der Waals surface area contributed by atoms with Gasteiger partial charge in [-0.1, -0.05) is 12.1 Å². The Morgan fingerprint density at radius 2 is 1.69 bits per heavy atom. The molecule has 6 nitrogen and oxygen atoms in total. The van der Waals surface area contributed by atoms with Crippen LogP contribution in [0.25, 0.3) is 0 Å². The normalized spacial score (nSPS) is 14.0. The van der Waals surface area contributed by atoms with E-state index >= 15 is 0 Å². The molecule has 1 aliphatic rings. The molecule has 1 fully saturated rings. The summed E-state index contributed by atoms with van der Waals surface area (Å²) in [7, 11) is 0. The van der Waals surface area contributed by atoms with E-state index in [1.54, 1.807) is 6.20 Å². The lowest BCUT2D eigenvalue weighted by molar-refractivity contribution is 0.342. The van der Waals surface area contributed by atoms with Gasteiger partial charge >= 0.3 is 0 Å². The first-order chi connectivity index (χ1) is 14.2. The molecule has 29 heavy (non-hydrogen) atoms. The second-order valence-corrected chi connectivity index (χ2v) is 6.74. The molecular formula is C22H24FN5O. The molecule has 0 aliphatic carbocycles. The van der Waals surface area contributed by atoms with Crippen molar-refractivity contribution in [3.63, 3.8) is 0 Å². The summed E-state index contributed by atoms with van der Waals surface area (Å²) in [5, 5.41) is 3.26. The third-order valence-corrected chi connectivity index (χ3v) is 4.87. The summed E-state index contributed by atoms with van der Waals surface area (Å²) in [6.07, 6.45) is 1.76. The van der Waals surface area contributed by atoms with Gasteiger partial charge in [-0.2, -0.15) is 4.98 Å². The van der Waals surface area contributed by atoms with Gasteiger partial charge in [0, 0.05) is 38.1 Å². The van der Waals surface area contributed by atoms with E-state index in [2.05, 4.69) is 25.1 Å². The Bertz CT molecular complexity index is 942. The number of hydrogen-bond donors (Lipinski definition) is 1. The van der Waals surface area contributed by atoms with Crippen LogP contribution in [0.1, 0.15) is 6.92 Å². The monoisotopic (exact) mass is 393 g/mol. The average molecular weight is 393 g/mol. The number of nitrogens with zero attached hydrogens (tertiary/aromatic N) is 4. The molecule has 150 valence electrons. The maximum Gasteiger partial charge on any atom is 0.229 e. The lowest BCUT2D eigenvalue weighted by Crippen LogP contribution is -2.46. The second-order valence-electron chi connectivity index (χ2n) is 6.74. The quantitative estimate of drug-likeness (QED) is 0.681. The zero-order valence-electron chi connectivity index (χ0n) is 16.4. The molecule has 4 rings (SSSR count). The lowest BCUT2D eigenvalue weighted by Gasteiger charge is -2.36. The van der Waals surface area contributed by atoms with E-state index in [1.807, 2.05) is 49.4 Å². The fourth-order valence-corrected chi connectivity index (χ4v) is 3.40. The van der Waals surface area contributed by atoms with Gasteiger partial charge in [0.1, 0.15) is 17.4 Å². The van der Waals surface area contributed by atoms with E-state index in [4.69, 9.17) is 4.74 Å². The fourth-order valence-electron chi connectivity index (χ4n) is 3.40. The van der Waals surface area contributed by atoms with Crippen LogP contribution in [0.5, 0.6) is 5.75 Å². The van der Waals surface area contributed by atoms with E-state index in [0.717, 1.165) is 49.1 Å². The van der Waals surface area contributed by atoms with Crippen LogP contribution >= 0.6 is 0 Å². The van der Waals surface area contributed by atoms with Gasteiger partial charge in [0.05, 0.1) is 12.3 Å². The summed E-state index contributed by atoms with van der Waals surface area (Å²) >= 11 is 0. The predicted molar refractivity (Wildman–Crippen MR) is 114 cm³/mol. The van der Waals surface area contributed by atoms with E-state index in [0.29, 0.717) is 12.6 Å². The number of nitrogens with one attached hydrogen (secondary N) is 1. The SMILES string of the molecule is CCOc1ccccc1Nc1nccc(N2CCN(c3ccc(F)cc3)CC2)n1. The van der Waals surface area contributed by atoms with Crippen molar-refractivity contribution in [3.05, 3.63) is 66.6 Å². The molecule has 0 radical (unpaired) electrons. The number of para-hydroxylation sites is 2. The molecular weight excluding hydrogens is 369 g/mol. The number of hydrogen-bond acceptors (Lipinski definition) is 6. The van der Waals surface area contributed by atoms with Gasteiger partial charge in [-0.05, 0) is 49.4 Å². The Hall–Kier alpha value is -3.35. The Balaban J connectivity index is 1.42. The molecule has 3 aromatic rings. The molecule has 1 aromatic heterocycles. The number of aromatic nitrogens is 2. The van der Waals surface area contributed by atoms with Gasteiger partial charge in [-0.15, -0.1) is 0 Å². The standard InChI is InChI=1S/C22H24FN5O/c1-2-29-20-6-4-3-5-19(20)25-22-24-12-11-21(26-22)28-15-13-27(14-16-28)18-9-7-17(23)8-10-18/h3-12H,2,13-16H2,1H3,(H,24,25,26). The highest BCUT2D eigenvalue weighted by atomic mass is 19.1. The summed E-state index contributed by atoms with van der Waals surface area (Å²) in [5.74, 6) is 1.99. The van der Waals surface area contributed by atoms with Crippen LogP contribution in [0, 0.1) is 5.82 Å². The largest absolute Gasteiger partial charge is 0.492 e. The van der Waals surface area contributed by atoms with E-state index < -0.39 is 0 Å². The second kappa shape index (κ2) is 8.77.